The fraction of sp³-hybridized carbons (Fsp3) is 0.344. The number of halogens is 6. The van der Waals surface area contributed by atoms with Gasteiger partial charge in [0.25, 0.3) is 0 Å². The molecule has 2 heterocycles. The molecule has 0 aliphatic carbocycles. The van der Waals surface area contributed by atoms with E-state index < -0.39 is 69.5 Å². The molecule has 0 saturated carbocycles. The van der Waals surface area contributed by atoms with Gasteiger partial charge in [-0.1, -0.05) is 41.9 Å². The van der Waals surface area contributed by atoms with Gasteiger partial charge in [0.05, 0.1) is 59.4 Å². The van der Waals surface area contributed by atoms with Crippen LogP contribution in [0.1, 0.15) is 49.7 Å². The largest absolute Gasteiger partial charge is 0.477 e. The van der Waals surface area contributed by atoms with Crippen LogP contribution in [0.2, 0.25) is 5.02 Å². The van der Waals surface area contributed by atoms with Gasteiger partial charge in [0, 0.05) is 17.3 Å². The van der Waals surface area contributed by atoms with Gasteiger partial charge in [0.1, 0.15) is 12.5 Å². The van der Waals surface area contributed by atoms with Crippen LogP contribution in [0.4, 0.5) is 22.0 Å². The molecule has 0 amide bonds. The van der Waals surface area contributed by atoms with Gasteiger partial charge in [-0.2, -0.15) is 13.2 Å². The topological polar surface area (TPSA) is 103 Å². The molecule has 14 heteroatoms. The molecular weight excluding hydrogens is 637 g/mol. The number of nitrogens with zero attached hydrogens (tertiary/aromatic N) is 1. The van der Waals surface area contributed by atoms with Crippen molar-refractivity contribution >= 4 is 23.5 Å². The van der Waals surface area contributed by atoms with Crippen LogP contribution in [0.25, 0.3) is 11.3 Å². The molecule has 2 aromatic carbocycles. The molecule has 8 nitrogen and oxygen atoms in total. The van der Waals surface area contributed by atoms with E-state index in [4.69, 9.17) is 25.8 Å². The van der Waals surface area contributed by atoms with Crippen LogP contribution in [0.3, 0.4) is 0 Å². The second kappa shape index (κ2) is 15.3. The number of unbranched alkanes of at least 4 members (excludes halogenated alkanes) is 3. The van der Waals surface area contributed by atoms with Crippen LogP contribution >= 0.6 is 11.6 Å². The number of hydrogen-bond acceptors (Lipinski definition) is 7. The first kappa shape index (κ1) is 34.5. The number of H-pyrrole nitrogens is 1. The number of aromatic nitrogens is 2. The Balaban J connectivity index is 1.42. The normalized spacial score (nSPS) is 15.1. The number of allylic oxidation sites excluding steroid dienone is 2. The minimum Gasteiger partial charge on any atom is -0.477 e. The van der Waals surface area contributed by atoms with Crippen molar-refractivity contribution in [3.05, 3.63) is 93.0 Å². The molecular formula is C32H31ClF5N3O5. The van der Waals surface area contributed by atoms with E-state index in [0.29, 0.717) is 50.3 Å². The highest BCUT2D eigenvalue weighted by atomic mass is 35.5. The second-order valence-corrected chi connectivity index (χ2v) is 10.7. The number of dihydropyridines is 1. The predicted molar refractivity (Wildman–Crippen MR) is 159 cm³/mol. The number of alkyl halides is 4. The van der Waals surface area contributed by atoms with Crippen LogP contribution in [0.15, 0.2) is 71.1 Å². The smallest absolute Gasteiger partial charge is 0.418 e. The van der Waals surface area contributed by atoms with E-state index in [2.05, 4.69) is 15.5 Å². The zero-order valence-electron chi connectivity index (χ0n) is 24.9. The Labute approximate surface area is 266 Å². The Hall–Kier alpha value is -4.39. The van der Waals surface area contributed by atoms with Gasteiger partial charge in [-0.15, -0.1) is 5.10 Å². The molecule has 1 atom stereocenters. The van der Waals surface area contributed by atoms with E-state index in [1.807, 2.05) is 30.3 Å². The van der Waals surface area contributed by atoms with Crippen molar-refractivity contribution in [1.82, 2.24) is 15.5 Å². The molecule has 4 rings (SSSR count). The summed E-state index contributed by atoms with van der Waals surface area (Å²) in [6.45, 7) is 0.132. The maximum absolute atomic E-state index is 15.3. The summed E-state index contributed by atoms with van der Waals surface area (Å²) in [7, 11) is 0.965. The van der Waals surface area contributed by atoms with Crippen molar-refractivity contribution in [3.8, 4) is 17.1 Å². The Morgan fingerprint density at radius 1 is 0.978 bits per heavy atom. The standard InChI is InChI=1S/C32H31ClF5N3O5/c1-18-25(30(42)44-2)28(26-21(35)13-12-20(33)29(26)32(36,37)38)27(23(17-34)39-18)31(43)46-15-9-4-3-8-14-45-24-16-22(40-41-24)19-10-6-5-7-11-19/h5-7,10-13,16,28,39H,3-4,8-9,14-15,17H2,1-2H3,(H,40,41). The van der Waals surface area contributed by atoms with Crippen molar-refractivity contribution in [2.45, 2.75) is 44.7 Å². The highest BCUT2D eigenvalue weighted by molar-refractivity contribution is 6.31. The lowest BCUT2D eigenvalue weighted by atomic mass is 9.78. The Bertz CT molecular complexity index is 1620. The Morgan fingerprint density at radius 3 is 2.33 bits per heavy atom. The number of methoxy groups -OCH3 is 1. The van der Waals surface area contributed by atoms with E-state index in [0.717, 1.165) is 18.4 Å². The van der Waals surface area contributed by atoms with Gasteiger partial charge < -0.3 is 19.5 Å². The summed E-state index contributed by atoms with van der Waals surface area (Å²) < 4.78 is 87.8. The third-order valence-electron chi connectivity index (χ3n) is 7.28. The molecule has 1 unspecified atom stereocenters. The summed E-state index contributed by atoms with van der Waals surface area (Å²) in [5, 5.41) is 8.71. The van der Waals surface area contributed by atoms with Gasteiger partial charge in [-0.3, -0.25) is 5.10 Å². The fourth-order valence-corrected chi connectivity index (χ4v) is 5.44. The van der Waals surface area contributed by atoms with Crippen molar-refractivity contribution in [2.24, 2.45) is 0 Å². The molecule has 1 aliphatic rings. The maximum atomic E-state index is 15.3. The van der Waals surface area contributed by atoms with E-state index in [9.17, 15) is 27.2 Å². The molecule has 46 heavy (non-hydrogen) atoms. The lowest BCUT2D eigenvalue weighted by Gasteiger charge is -2.32. The van der Waals surface area contributed by atoms with E-state index in [1.54, 1.807) is 6.07 Å². The molecule has 0 saturated heterocycles. The summed E-state index contributed by atoms with van der Waals surface area (Å²) in [6, 6.07) is 12.8. The fourth-order valence-electron chi connectivity index (χ4n) is 5.17. The van der Waals surface area contributed by atoms with E-state index in [1.165, 1.54) is 6.92 Å². The molecule has 246 valence electrons. The molecule has 1 aromatic heterocycles. The minimum atomic E-state index is -5.19. The molecule has 0 spiro atoms. The van der Waals surface area contributed by atoms with Crippen LogP contribution in [-0.4, -0.2) is 49.1 Å². The summed E-state index contributed by atoms with van der Waals surface area (Å²) >= 11 is 5.86. The minimum absolute atomic E-state index is 0.123. The quantitative estimate of drug-likeness (QED) is 0.111. The Kier molecular flexibility index (Phi) is 11.4. The summed E-state index contributed by atoms with van der Waals surface area (Å²) in [6.07, 6.45) is -2.89. The molecule has 1 aliphatic heterocycles. The molecule has 0 fully saturated rings. The van der Waals surface area contributed by atoms with Crippen LogP contribution in [0, 0.1) is 5.82 Å². The number of hydrogen-bond donors (Lipinski definition) is 2. The monoisotopic (exact) mass is 667 g/mol. The summed E-state index contributed by atoms with van der Waals surface area (Å²) in [4.78, 5) is 26.1. The van der Waals surface area contributed by atoms with Crippen molar-refractivity contribution in [2.75, 3.05) is 27.0 Å². The SMILES string of the molecule is COC(=O)C1=C(C)NC(CF)=C(C(=O)OCCCCCCOc2cc(-c3ccccc3)[nH]n2)C1c1c(F)ccc(Cl)c1C(F)(F)F. The molecule has 0 bridgehead atoms. The average Bonchev–Trinajstić information content (AvgIpc) is 3.51. The number of benzene rings is 2. The van der Waals surface area contributed by atoms with E-state index in [-0.39, 0.29) is 12.3 Å². The van der Waals surface area contributed by atoms with Gasteiger partial charge in [0.2, 0.25) is 5.88 Å². The van der Waals surface area contributed by atoms with Crippen LogP contribution in [-0.2, 0) is 25.2 Å². The second-order valence-electron chi connectivity index (χ2n) is 10.3. The number of ether oxygens (including phenoxy) is 3. The molecule has 0 radical (unpaired) electrons. The van der Waals surface area contributed by atoms with Gasteiger partial charge in [-0.25, -0.2) is 18.4 Å². The van der Waals surface area contributed by atoms with Gasteiger partial charge in [-0.05, 0) is 50.3 Å². The first-order valence-corrected chi connectivity index (χ1v) is 14.7. The third-order valence-corrected chi connectivity index (χ3v) is 7.59. The lowest BCUT2D eigenvalue weighted by molar-refractivity contribution is -0.141. The highest BCUT2D eigenvalue weighted by Gasteiger charge is 2.46. The van der Waals surface area contributed by atoms with Crippen molar-refractivity contribution < 1.29 is 45.8 Å². The number of carbonyl (C=O) groups excluding carboxylic acids is 2. The maximum Gasteiger partial charge on any atom is 0.418 e. The number of nitrogens with one attached hydrogen (secondary N) is 2. The molecule has 2 N–H and O–H groups in total. The summed E-state index contributed by atoms with van der Waals surface area (Å²) in [5.41, 5.74) is -2.75. The number of rotatable bonds is 13. The first-order chi connectivity index (χ1) is 22.0. The zero-order chi connectivity index (χ0) is 33.4. The van der Waals surface area contributed by atoms with Gasteiger partial charge >= 0.3 is 18.1 Å². The van der Waals surface area contributed by atoms with E-state index >= 15 is 4.39 Å². The van der Waals surface area contributed by atoms with Crippen LogP contribution in [0.5, 0.6) is 5.88 Å². The highest BCUT2D eigenvalue weighted by Crippen LogP contribution is 2.48. The van der Waals surface area contributed by atoms with Crippen molar-refractivity contribution in [3.63, 3.8) is 0 Å². The van der Waals surface area contributed by atoms with Crippen LogP contribution < -0.4 is 10.1 Å². The van der Waals surface area contributed by atoms with Gasteiger partial charge in [0.15, 0.2) is 0 Å². The third kappa shape index (κ3) is 7.87. The van der Waals surface area contributed by atoms with Crippen molar-refractivity contribution in [1.29, 1.82) is 0 Å². The first-order valence-electron chi connectivity index (χ1n) is 14.3. The molecule has 3 aromatic rings. The number of aromatic amines is 1. The lowest BCUT2D eigenvalue weighted by Crippen LogP contribution is -2.35. The number of esters is 2. The number of carbonyl (C=O) groups is 2. The summed E-state index contributed by atoms with van der Waals surface area (Å²) in [5.74, 6) is -5.36. The predicted octanol–water partition coefficient (Wildman–Crippen LogP) is 7.43. The zero-order valence-corrected chi connectivity index (χ0v) is 25.7. The average molecular weight is 668 g/mol. The Morgan fingerprint density at radius 2 is 1.67 bits per heavy atom.